The van der Waals surface area contributed by atoms with Crippen LogP contribution in [0.4, 0.5) is 5.82 Å². The van der Waals surface area contributed by atoms with Crippen molar-refractivity contribution in [1.29, 1.82) is 0 Å². The van der Waals surface area contributed by atoms with Crippen molar-refractivity contribution in [3.8, 4) is 0 Å². The molecule has 2 heterocycles. The maximum atomic E-state index is 12.7. The largest absolute Gasteiger partial charge is 0.394 e. The summed E-state index contributed by atoms with van der Waals surface area (Å²) in [6.07, 6.45) is 0.125. The fourth-order valence-electron chi connectivity index (χ4n) is 3.45. The highest BCUT2D eigenvalue weighted by Gasteiger charge is 2.37. The van der Waals surface area contributed by atoms with Gasteiger partial charge in [-0.2, -0.15) is 5.10 Å². The molecule has 2 atom stereocenters. The third kappa shape index (κ3) is 3.29. The summed E-state index contributed by atoms with van der Waals surface area (Å²) < 4.78 is 0. The van der Waals surface area contributed by atoms with E-state index in [0.717, 1.165) is 16.5 Å². The number of anilines is 1. The number of carbonyl (C=O) groups excluding carboxylic acids is 2. The lowest BCUT2D eigenvalue weighted by Gasteiger charge is -2.19. The molecule has 3 aromatic rings. The van der Waals surface area contributed by atoms with E-state index in [9.17, 15) is 14.7 Å². The fraction of sp³-hybridized carbons (Fsp3) is 0.250. The maximum absolute atomic E-state index is 12.7. The molecule has 1 aliphatic rings. The summed E-state index contributed by atoms with van der Waals surface area (Å²) >= 11 is 0. The number of para-hydroxylation sites is 1. The molecule has 4 rings (SSSR count). The summed E-state index contributed by atoms with van der Waals surface area (Å²) in [5.41, 5.74) is 1.67. The van der Waals surface area contributed by atoms with Gasteiger partial charge in [-0.05, 0) is 17.7 Å². The number of amides is 2. The number of aromatic amines is 1. The van der Waals surface area contributed by atoms with Gasteiger partial charge in [0.25, 0.3) is 0 Å². The first-order valence-electron chi connectivity index (χ1n) is 8.87. The Kier molecular flexibility index (Phi) is 4.60. The molecule has 0 unspecified atom stereocenters. The van der Waals surface area contributed by atoms with Crippen molar-refractivity contribution >= 4 is 28.5 Å². The van der Waals surface area contributed by atoms with E-state index in [1.54, 1.807) is 4.90 Å². The number of nitrogens with zero attached hydrogens (tertiary/aromatic N) is 2. The molecule has 1 aromatic heterocycles. The molecule has 0 radical (unpaired) electrons. The van der Waals surface area contributed by atoms with Crippen molar-refractivity contribution in [1.82, 2.24) is 15.5 Å². The monoisotopic (exact) mass is 364 g/mol. The van der Waals surface area contributed by atoms with Crippen LogP contribution >= 0.6 is 0 Å². The molecule has 1 aliphatic heterocycles. The second kappa shape index (κ2) is 7.20. The number of nitrogens with one attached hydrogen (secondary N) is 2. The Labute approximate surface area is 156 Å². The van der Waals surface area contributed by atoms with Gasteiger partial charge in [-0.25, -0.2) is 0 Å². The van der Waals surface area contributed by atoms with Gasteiger partial charge in [-0.3, -0.25) is 19.6 Å². The number of aliphatic hydroxyl groups excluding tert-OH is 1. The quantitative estimate of drug-likeness (QED) is 0.642. The zero-order valence-corrected chi connectivity index (χ0v) is 14.6. The van der Waals surface area contributed by atoms with Gasteiger partial charge in [0.05, 0.1) is 24.1 Å². The number of fused-ring (bicyclic) bond motifs is 1. The molecular formula is C20H20N4O3. The van der Waals surface area contributed by atoms with E-state index in [1.807, 2.05) is 54.6 Å². The molecule has 1 fully saturated rings. The van der Waals surface area contributed by atoms with Gasteiger partial charge >= 0.3 is 0 Å². The summed E-state index contributed by atoms with van der Waals surface area (Å²) in [5, 5.41) is 20.5. The zero-order valence-electron chi connectivity index (χ0n) is 14.6. The molecule has 0 bridgehead atoms. The molecule has 7 nitrogen and oxygen atoms in total. The molecule has 2 aromatic carbocycles. The van der Waals surface area contributed by atoms with Crippen LogP contribution in [0.3, 0.4) is 0 Å². The Morgan fingerprint density at radius 3 is 2.74 bits per heavy atom. The SMILES string of the molecule is O=C(N[C@@H](CO)c1ccccc1)[C@@H]1CC(=O)N(c2n[nH]c3ccccc23)C1. The molecule has 3 N–H and O–H groups in total. The van der Waals surface area contributed by atoms with Gasteiger partial charge < -0.3 is 10.4 Å². The van der Waals surface area contributed by atoms with Crippen molar-refractivity contribution in [2.45, 2.75) is 12.5 Å². The van der Waals surface area contributed by atoms with Crippen LogP contribution in [0.25, 0.3) is 10.9 Å². The zero-order chi connectivity index (χ0) is 18.8. The first-order chi connectivity index (χ1) is 13.2. The summed E-state index contributed by atoms with van der Waals surface area (Å²) in [7, 11) is 0. The molecule has 2 amide bonds. The van der Waals surface area contributed by atoms with Crippen LogP contribution in [0.5, 0.6) is 0 Å². The van der Waals surface area contributed by atoms with Crippen LogP contribution in [-0.4, -0.2) is 40.3 Å². The minimum atomic E-state index is -0.492. The van der Waals surface area contributed by atoms with E-state index >= 15 is 0 Å². The van der Waals surface area contributed by atoms with Crippen LogP contribution in [-0.2, 0) is 9.59 Å². The third-order valence-electron chi connectivity index (χ3n) is 4.90. The molecule has 7 heteroatoms. The summed E-state index contributed by atoms with van der Waals surface area (Å²) in [5.74, 6) is -0.306. The Bertz CT molecular complexity index is 970. The average molecular weight is 364 g/mol. The van der Waals surface area contributed by atoms with Gasteiger partial charge in [0.1, 0.15) is 0 Å². The van der Waals surface area contributed by atoms with Crippen molar-refractivity contribution in [2.75, 3.05) is 18.1 Å². The fourth-order valence-corrected chi connectivity index (χ4v) is 3.45. The highest BCUT2D eigenvalue weighted by Crippen LogP contribution is 2.30. The maximum Gasteiger partial charge on any atom is 0.229 e. The van der Waals surface area contributed by atoms with E-state index < -0.39 is 12.0 Å². The van der Waals surface area contributed by atoms with Gasteiger partial charge in [-0.15, -0.1) is 0 Å². The van der Waals surface area contributed by atoms with E-state index in [0.29, 0.717) is 5.82 Å². The van der Waals surface area contributed by atoms with Gasteiger partial charge in [0, 0.05) is 18.4 Å². The number of carbonyl (C=O) groups is 2. The Balaban J connectivity index is 1.49. The normalized spacial score (nSPS) is 18.0. The van der Waals surface area contributed by atoms with E-state index in [1.165, 1.54) is 0 Å². The molecule has 1 saturated heterocycles. The predicted molar refractivity (Wildman–Crippen MR) is 101 cm³/mol. The van der Waals surface area contributed by atoms with Crippen molar-refractivity contribution < 1.29 is 14.7 Å². The van der Waals surface area contributed by atoms with Crippen molar-refractivity contribution in [3.05, 3.63) is 60.2 Å². The highest BCUT2D eigenvalue weighted by molar-refractivity contribution is 6.05. The molecule has 0 aliphatic carbocycles. The topological polar surface area (TPSA) is 98.3 Å². The number of aliphatic hydroxyl groups is 1. The number of hydrogen-bond acceptors (Lipinski definition) is 4. The number of aromatic nitrogens is 2. The van der Waals surface area contributed by atoms with Gasteiger partial charge in [-0.1, -0.05) is 42.5 Å². The second-order valence-corrected chi connectivity index (χ2v) is 6.65. The molecule has 0 saturated carbocycles. The third-order valence-corrected chi connectivity index (χ3v) is 4.90. The molecule has 138 valence electrons. The molecular weight excluding hydrogens is 344 g/mol. The number of H-pyrrole nitrogens is 1. The highest BCUT2D eigenvalue weighted by atomic mass is 16.3. The first-order valence-corrected chi connectivity index (χ1v) is 8.87. The lowest BCUT2D eigenvalue weighted by atomic mass is 10.0. The van der Waals surface area contributed by atoms with E-state index in [2.05, 4.69) is 15.5 Å². The summed E-state index contributed by atoms with van der Waals surface area (Å²) in [4.78, 5) is 26.7. The van der Waals surface area contributed by atoms with Crippen LogP contribution in [0.1, 0.15) is 18.0 Å². The van der Waals surface area contributed by atoms with Gasteiger partial charge in [0.2, 0.25) is 11.8 Å². The second-order valence-electron chi connectivity index (χ2n) is 6.65. The first kappa shape index (κ1) is 17.2. The van der Waals surface area contributed by atoms with Crippen LogP contribution < -0.4 is 10.2 Å². The molecule has 27 heavy (non-hydrogen) atoms. The molecule has 0 spiro atoms. The standard InChI is InChI=1S/C20H20N4O3/c25-12-17(13-6-2-1-3-7-13)21-20(27)14-10-18(26)24(11-14)19-15-8-4-5-9-16(15)22-23-19/h1-9,14,17,25H,10-12H2,(H,21,27)(H,22,23)/t14-,17+/m1/s1. The smallest absolute Gasteiger partial charge is 0.229 e. The van der Waals surface area contributed by atoms with E-state index in [-0.39, 0.29) is 31.4 Å². The minimum Gasteiger partial charge on any atom is -0.394 e. The lowest BCUT2D eigenvalue weighted by Crippen LogP contribution is -2.37. The minimum absolute atomic E-state index is 0.125. The number of benzene rings is 2. The van der Waals surface area contributed by atoms with Crippen LogP contribution in [0.15, 0.2) is 54.6 Å². The Morgan fingerprint density at radius 2 is 1.96 bits per heavy atom. The van der Waals surface area contributed by atoms with Crippen LogP contribution in [0.2, 0.25) is 0 Å². The van der Waals surface area contributed by atoms with E-state index in [4.69, 9.17) is 0 Å². The number of hydrogen-bond donors (Lipinski definition) is 3. The van der Waals surface area contributed by atoms with Crippen LogP contribution in [0, 0.1) is 5.92 Å². The predicted octanol–water partition coefficient (Wildman–Crippen LogP) is 1.77. The Hall–Kier alpha value is -3.19. The lowest BCUT2D eigenvalue weighted by molar-refractivity contribution is -0.127. The average Bonchev–Trinajstić information content (AvgIpc) is 3.30. The number of rotatable bonds is 5. The summed E-state index contributed by atoms with van der Waals surface area (Å²) in [6, 6.07) is 16.4. The summed E-state index contributed by atoms with van der Waals surface area (Å²) in [6.45, 7) is 0.0661. The van der Waals surface area contributed by atoms with Crippen molar-refractivity contribution in [3.63, 3.8) is 0 Å². The van der Waals surface area contributed by atoms with Gasteiger partial charge in [0.15, 0.2) is 5.82 Å². The Morgan fingerprint density at radius 1 is 1.22 bits per heavy atom. The van der Waals surface area contributed by atoms with Crippen molar-refractivity contribution in [2.24, 2.45) is 5.92 Å².